The normalized spacial score (nSPS) is 14.4. The van der Waals surface area contributed by atoms with Crippen LogP contribution < -0.4 is 10.9 Å². The molecule has 0 spiro atoms. The molecule has 1 aliphatic rings. The quantitative estimate of drug-likeness (QED) is 0.585. The molecule has 0 amide bonds. The minimum absolute atomic E-state index is 0.947. The highest BCUT2D eigenvalue weighted by Crippen LogP contribution is 2.24. The first-order valence-corrected chi connectivity index (χ1v) is 3.87. The van der Waals surface area contributed by atoms with Gasteiger partial charge in [0.2, 0.25) is 0 Å². The minimum atomic E-state index is 0.947. The zero-order valence-corrected chi connectivity index (χ0v) is 6.86. The van der Waals surface area contributed by atoms with Crippen molar-refractivity contribution in [3.05, 3.63) is 28.8 Å². The van der Waals surface area contributed by atoms with Crippen LogP contribution in [0.2, 0.25) is 0 Å². The SMILES string of the molecule is Cc1ccc2c(c1C)CNN2. The number of hydrazine groups is 1. The highest BCUT2D eigenvalue weighted by Gasteiger charge is 2.11. The van der Waals surface area contributed by atoms with Gasteiger partial charge in [0.05, 0.1) is 5.69 Å². The Hall–Kier alpha value is -1.02. The second-order valence-electron chi connectivity index (χ2n) is 3.01. The van der Waals surface area contributed by atoms with Gasteiger partial charge in [-0.2, -0.15) is 0 Å². The van der Waals surface area contributed by atoms with Crippen molar-refractivity contribution in [2.24, 2.45) is 0 Å². The van der Waals surface area contributed by atoms with Gasteiger partial charge in [-0.1, -0.05) is 6.07 Å². The molecule has 2 heteroatoms. The Balaban J connectivity index is 2.62. The molecule has 1 aromatic carbocycles. The van der Waals surface area contributed by atoms with E-state index < -0.39 is 0 Å². The summed E-state index contributed by atoms with van der Waals surface area (Å²) in [7, 11) is 0. The van der Waals surface area contributed by atoms with E-state index in [9.17, 15) is 0 Å². The van der Waals surface area contributed by atoms with E-state index in [1.807, 2.05) is 0 Å². The fraction of sp³-hybridized carbons (Fsp3) is 0.333. The molecule has 2 N–H and O–H groups in total. The van der Waals surface area contributed by atoms with Crippen molar-refractivity contribution in [1.82, 2.24) is 5.43 Å². The van der Waals surface area contributed by atoms with Crippen molar-refractivity contribution >= 4 is 5.69 Å². The van der Waals surface area contributed by atoms with Crippen molar-refractivity contribution in [1.29, 1.82) is 0 Å². The third-order valence-electron chi connectivity index (χ3n) is 2.36. The number of nitrogens with one attached hydrogen (secondary N) is 2. The maximum atomic E-state index is 3.12. The summed E-state index contributed by atoms with van der Waals surface area (Å²) in [5, 5.41) is 0. The van der Waals surface area contributed by atoms with Gasteiger partial charge in [0, 0.05) is 6.54 Å². The van der Waals surface area contributed by atoms with E-state index in [2.05, 4.69) is 36.8 Å². The van der Waals surface area contributed by atoms with Gasteiger partial charge in [-0.3, -0.25) is 0 Å². The van der Waals surface area contributed by atoms with Crippen LogP contribution in [-0.4, -0.2) is 0 Å². The average Bonchev–Trinajstić information content (AvgIpc) is 2.45. The topological polar surface area (TPSA) is 24.1 Å². The van der Waals surface area contributed by atoms with Gasteiger partial charge < -0.3 is 5.43 Å². The molecule has 0 aliphatic carbocycles. The van der Waals surface area contributed by atoms with Gasteiger partial charge in [0.15, 0.2) is 0 Å². The fourth-order valence-electron chi connectivity index (χ4n) is 1.45. The minimum Gasteiger partial charge on any atom is -0.321 e. The molecule has 0 saturated carbocycles. The van der Waals surface area contributed by atoms with Crippen molar-refractivity contribution in [2.45, 2.75) is 20.4 Å². The molecule has 0 fully saturated rings. The van der Waals surface area contributed by atoms with E-state index in [0.717, 1.165) is 6.54 Å². The first-order valence-electron chi connectivity index (χ1n) is 3.87. The summed E-state index contributed by atoms with van der Waals surface area (Å²) in [6.07, 6.45) is 0. The van der Waals surface area contributed by atoms with Crippen LogP contribution in [-0.2, 0) is 6.54 Å². The Kier molecular flexibility index (Phi) is 1.36. The van der Waals surface area contributed by atoms with Crippen LogP contribution in [0, 0.1) is 13.8 Å². The fourth-order valence-corrected chi connectivity index (χ4v) is 1.45. The zero-order chi connectivity index (χ0) is 7.84. The standard InChI is InChI=1S/C9H12N2/c1-6-3-4-9-8(7(6)2)5-10-11-9/h3-4,10-11H,5H2,1-2H3. The summed E-state index contributed by atoms with van der Waals surface area (Å²) < 4.78 is 0. The van der Waals surface area contributed by atoms with Crippen LogP contribution >= 0.6 is 0 Å². The predicted molar refractivity (Wildman–Crippen MR) is 46.4 cm³/mol. The van der Waals surface area contributed by atoms with Crippen LogP contribution in [0.3, 0.4) is 0 Å². The molecule has 0 unspecified atom stereocenters. The van der Waals surface area contributed by atoms with E-state index in [4.69, 9.17) is 0 Å². The number of fused-ring (bicyclic) bond motifs is 1. The van der Waals surface area contributed by atoms with E-state index >= 15 is 0 Å². The van der Waals surface area contributed by atoms with Crippen molar-refractivity contribution in [3.8, 4) is 0 Å². The maximum absolute atomic E-state index is 3.12. The molecule has 0 bridgehead atoms. The second kappa shape index (κ2) is 2.24. The monoisotopic (exact) mass is 148 g/mol. The lowest BCUT2D eigenvalue weighted by Crippen LogP contribution is -2.10. The zero-order valence-electron chi connectivity index (χ0n) is 6.86. The molecule has 2 rings (SSSR count). The Morgan fingerprint density at radius 1 is 1.27 bits per heavy atom. The van der Waals surface area contributed by atoms with E-state index in [0.29, 0.717) is 0 Å². The van der Waals surface area contributed by atoms with Crippen molar-refractivity contribution in [3.63, 3.8) is 0 Å². The van der Waals surface area contributed by atoms with Crippen LogP contribution in [0.4, 0.5) is 5.69 Å². The summed E-state index contributed by atoms with van der Waals surface area (Å²) >= 11 is 0. The number of rotatable bonds is 0. The largest absolute Gasteiger partial charge is 0.321 e. The molecule has 11 heavy (non-hydrogen) atoms. The van der Waals surface area contributed by atoms with Crippen molar-refractivity contribution in [2.75, 3.05) is 5.43 Å². The van der Waals surface area contributed by atoms with Gasteiger partial charge in [-0.05, 0) is 36.6 Å². The Bertz CT molecular complexity index is 292. The number of hydrogen-bond donors (Lipinski definition) is 2. The number of anilines is 1. The van der Waals surface area contributed by atoms with Crippen LogP contribution in [0.25, 0.3) is 0 Å². The molecule has 2 nitrogen and oxygen atoms in total. The van der Waals surface area contributed by atoms with Crippen LogP contribution in [0.1, 0.15) is 16.7 Å². The Labute approximate surface area is 66.6 Å². The van der Waals surface area contributed by atoms with Crippen molar-refractivity contribution < 1.29 is 0 Å². The van der Waals surface area contributed by atoms with Gasteiger partial charge in [0.25, 0.3) is 0 Å². The van der Waals surface area contributed by atoms with E-state index in [1.165, 1.54) is 22.4 Å². The molecule has 1 aliphatic heterocycles. The predicted octanol–water partition coefficient (Wildman–Crippen LogP) is 1.73. The highest BCUT2D eigenvalue weighted by atomic mass is 15.4. The van der Waals surface area contributed by atoms with Gasteiger partial charge >= 0.3 is 0 Å². The molecule has 0 atom stereocenters. The van der Waals surface area contributed by atoms with E-state index in [1.54, 1.807) is 0 Å². The lowest BCUT2D eigenvalue weighted by atomic mass is 10.0. The molecule has 1 heterocycles. The molecular weight excluding hydrogens is 136 g/mol. The Morgan fingerprint density at radius 3 is 2.91 bits per heavy atom. The first-order chi connectivity index (χ1) is 5.29. The van der Waals surface area contributed by atoms with Crippen LogP contribution in [0.15, 0.2) is 12.1 Å². The smallest absolute Gasteiger partial charge is 0.0536 e. The summed E-state index contributed by atoms with van der Waals surface area (Å²) in [6, 6.07) is 4.27. The molecule has 58 valence electrons. The highest BCUT2D eigenvalue weighted by molar-refractivity contribution is 5.58. The number of aryl methyl sites for hydroxylation is 1. The summed E-state index contributed by atoms with van der Waals surface area (Å²) in [5.74, 6) is 0. The third kappa shape index (κ3) is 0.906. The number of benzene rings is 1. The van der Waals surface area contributed by atoms with E-state index in [-0.39, 0.29) is 0 Å². The lowest BCUT2D eigenvalue weighted by molar-refractivity contribution is 0.855. The van der Waals surface area contributed by atoms with Crippen LogP contribution in [0.5, 0.6) is 0 Å². The maximum Gasteiger partial charge on any atom is 0.0536 e. The average molecular weight is 148 g/mol. The second-order valence-corrected chi connectivity index (χ2v) is 3.01. The molecular formula is C9H12N2. The third-order valence-corrected chi connectivity index (χ3v) is 2.36. The van der Waals surface area contributed by atoms with Gasteiger partial charge in [0.1, 0.15) is 0 Å². The van der Waals surface area contributed by atoms with Gasteiger partial charge in [-0.15, -0.1) is 0 Å². The van der Waals surface area contributed by atoms with Gasteiger partial charge in [-0.25, -0.2) is 5.43 Å². The lowest BCUT2D eigenvalue weighted by Gasteiger charge is -2.04. The summed E-state index contributed by atoms with van der Waals surface area (Å²) in [4.78, 5) is 0. The summed E-state index contributed by atoms with van der Waals surface area (Å²) in [6.45, 7) is 5.26. The molecule has 0 saturated heterocycles. The Morgan fingerprint density at radius 2 is 2.09 bits per heavy atom. The number of hydrogen-bond acceptors (Lipinski definition) is 2. The summed E-state index contributed by atoms with van der Waals surface area (Å²) in [5.41, 5.74) is 11.6. The molecule has 1 aromatic rings. The molecule has 0 radical (unpaired) electrons. The first kappa shape index (κ1) is 6.68. The molecule has 0 aromatic heterocycles.